The Kier molecular flexibility index (Phi) is 3.08. The fourth-order valence-corrected chi connectivity index (χ4v) is 3.47. The monoisotopic (exact) mass is 296 g/mol. The molecule has 5 heteroatoms. The Morgan fingerprint density at radius 1 is 1.24 bits per heavy atom. The summed E-state index contributed by atoms with van der Waals surface area (Å²) < 4.78 is 40.4. The lowest BCUT2D eigenvalue weighted by Gasteiger charge is -2.40. The molecule has 2 aromatic heterocycles. The number of rotatable bonds is 2. The first-order valence-electron chi connectivity index (χ1n) is 7.28. The van der Waals surface area contributed by atoms with Gasteiger partial charge in [0, 0.05) is 11.8 Å². The fraction of sp³-hybridized carbons (Fsp3) is 0.562. The number of pyridine rings is 1. The molecule has 0 amide bonds. The quantitative estimate of drug-likeness (QED) is 0.782. The van der Waals surface area contributed by atoms with Gasteiger partial charge in [0.05, 0.1) is 16.8 Å². The third-order valence-electron chi connectivity index (χ3n) is 4.91. The van der Waals surface area contributed by atoms with E-state index in [2.05, 4.69) is 18.9 Å². The zero-order chi connectivity index (χ0) is 15.4. The van der Waals surface area contributed by atoms with Crippen LogP contribution in [0.5, 0.6) is 0 Å². The predicted octanol–water partition coefficient (Wildman–Crippen LogP) is 4.74. The average molecular weight is 296 g/mol. The van der Waals surface area contributed by atoms with Gasteiger partial charge in [0.25, 0.3) is 0 Å². The summed E-state index contributed by atoms with van der Waals surface area (Å²) in [6.07, 6.45) is 0.578. The Hall–Kier alpha value is -1.52. The van der Waals surface area contributed by atoms with Crippen molar-refractivity contribution in [3.63, 3.8) is 0 Å². The highest BCUT2D eigenvalue weighted by molar-refractivity contribution is 5.61. The molecule has 1 fully saturated rings. The Labute approximate surface area is 122 Å². The van der Waals surface area contributed by atoms with Gasteiger partial charge >= 0.3 is 6.18 Å². The Balaban J connectivity index is 2.19. The lowest BCUT2D eigenvalue weighted by molar-refractivity contribution is -0.137. The molecule has 0 saturated heterocycles. The van der Waals surface area contributed by atoms with Gasteiger partial charge in [-0.2, -0.15) is 18.3 Å². The molecule has 3 rings (SSSR count). The first kappa shape index (κ1) is 14.4. The Morgan fingerprint density at radius 3 is 2.43 bits per heavy atom. The van der Waals surface area contributed by atoms with E-state index in [0.29, 0.717) is 11.4 Å². The Bertz CT molecular complexity index is 679. The van der Waals surface area contributed by atoms with Crippen LogP contribution in [0.4, 0.5) is 13.2 Å². The summed E-state index contributed by atoms with van der Waals surface area (Å²) >= 11 is 0. The molecular formula is C16H19F3N2. The highest BCUT2D eigenvalue weighted by Gasteiger charge is 2.39. The maximum Gasteiger partial charge on any atom is 0.416 e. The second kappa shape index (κ2) is 4.49. The van der Waals surface area contributed by atoms with Crippen LogP contribution in [0.25, 0.3) is 5.52 Å². The van der Waals surface area contributed by atoms with E-state index in [4.69, 9.17) is 0 Å². The maximum absolute atomic E-state index is 13.0. The zero-order valence-electron chi connectivity index (χ0n) is 12.5. The van der Waals surface area contributed by atoms with Crippen LogP contribution in [0, 0.1) is 12.8 Å². The second-order valence-electron chi connectivity index (χ2n) is 6.55. The van der Waals surface area contributed by atoms with E-state index in [9.17, 15) is 13.2 Å². The minimum Gasteiger partial charge on any atom is -0.240 e. The first-order chi connectivity index (χ1) is 9.71. The van der Waals surface area contributed by atoms with Crippen molar-refractivity contribution in [2.24, 2.45) is 5.92 Å². The third-order valence-corrected chi connectivity index (χ3v) is 4.91. The van der Waals surface area contributed by atoms with Gasteiger partial charge in [-0.3, -0.25) is 0 Å². The van der Waals surface area contributed by atoms with Crippen LogP contribution < -0.4 is 0 Å². The summed E-state index contributed by atoms with van der Waals surface area (Å²) in [7, 11) is 0. The van der Waals surface area contributed by atoms with Gasteiger partial charge in [0.2, 0.25) is 0 Å². The molecule has 2 nitrogen and oxygen atoms in total. The molecule has 0 aromatic carbocycles. The number of hydrogen-bond acceptors (Lipinski definition) is 1. The molecule has 1 aliphatic rings. The fourth-order valence-electron chi connectivity index (χ4n) is 3.47. The normalized spacial score (nSPS) is 17.2. The first-order valence-corrected chi connectivity index (χ1v) is 7.28. The molecule has 1 aliphatic carbocycles. The number of alkyl halides is 3. The Morgan fingerprint density at radius 2 is 1.90 bits per heavy atom. The van der Waals surface area contributed by atoms with Gasteiger partial charge in [-0.15, -0.1) is 0 Å². The minimum atomic E-state index is -4.32. The van der Waals surface area contributed by atoms with Gasteiger partial charge in [-0.1, -0.05) is 20.3 Å². The van der Waals surface area contributed by atoms with Crippen LogP contribution in [0.3, 0.4) is 0 Å². The summed E-state index contributed by atoms with van der Waals surface area (Å²) in [6, 6.07) is 2.31. The smallest absolute Gasteiger partial charge is 0.240 e. The summed E-state index contributed by atoms with van der Waals surface area (Å²) in [6.45, 7) is 6.14. The summed E-state index contributed by atoms with van der Waals surface area (Å²) in [5, 5.41) is 4.39. The van der Waals surface area contributed by atoms with Gasteiger partial charge in [0.15, 0.2) is 0 Å². The van der Waals surface area contributed by atoms with E-state index < -0.39 is 11.7 Å². The number of halogens is 3. The average Bonchev–Trinajstić information content (AvgIpc) is 2.59. The highest BCUT2D eigenvalue weighted by Crippen LogP contribution is 2.46. The van der Waals surface area contributed by atoms with Gasteiger partial charge < -0.3 is 0 Å². The van der Waals surface area contributed by atoms with E-state index in [-0.39, 0.29) is 5.41 Å². The van der Waals surface area contributed by atoms with Crippen molar-refractivity contribution < 1.29 is 13.2 Å². The highest BCUT2D eigenvalue weighted by atomic mass is 19.4. The van der Waals surface area contributed by atoms with E-state index >= 15 is 0 Å². The van der Waals surface area contributed by atoms with Crippen LogP contribution >= 0.6 is 0 Å². The number of aryl methyl sites for hydroxylation is 1. The molecule has 0 N–H and O–H groups in total. The molecule has 1 saturated carbocycles. The largest absolute Gasteiger partial charge is 0.416 e. The van der Waals surface area contributed by atoms with Crippen LogP contribution in [0.1, 0.15) is 49.9 Å². The maximum atomic E-state index is 13.0. The van der Waals surface area contributed by atoms with Crippen molar-refractivity contribution in [3.05, 3.63) is 35.2 Å². The van der Waals surface area contributed by atoms with Crippen LogP contribution in [-0.4, -0.2) is 9.61 Å². The van der Waals surface area contributed by atoms with Crippen LogP contribution in [-0.2, 0) is 11.6 Å². The molecule has 114 valence electrons. The van der Waals surface area contributed by atoms with E-state index in [1.807, 2.05) is 6.92 Å². The zero-order valence-corrected chi connectivity index (χ0v) is 12.5. The molecule has 0 spiro atoms. The van der Waals surface area contributed by atoms with Gasteiger partial charge in [0.1, 0.15) is 0 Å². The van der Waals surface area contributed by atoms with Gasteiger partial charge in [-0.05, 0) is 43.2 Å². The lowest BCUT2D eigenvalue weighted by Crippen LogP contribution is -2.34. The molecule has 2 heterocycles. The molecule has 0 bridgehead atoms. The topological polar surface area (TPSA) is 17.3 Å². The standard InChI is InChI=1S/C16H19F3N2/c1-10-14(15(2,3)11-5-4-6-11)13-9-12(16(17,18)19)7-8-21(13)20-10/h7-9,11H,4-6H2,1-3H3. The van der Waals surface area contributed by atoms with E-state index in [1.165, 1.54) is 18.7 Å². The summed E-state index contributed by atoms with van der Waals surface area (Å²) in [5.41, 5.74) is 1.61. The molecule has 0 radical (unpaired) electrons. The van der Waals surface area contributed by atoms with Crippen LogP contribution in [0.15, 0.2) is 18.3 Å². The number of aromatic nitrogens is 2. The molecule has 2 aromatic rings. The molecule has 0 atom stereocenters. The van der Waals surface area contributed by atoms with E-state index in [1.54, 1.807) is 4.52 Å². The SMILES string of the molecule is Cc1nn2ccc(C(F)(F)F)cc2c1C(C)(C)C1CCC1. The van der Waals surface area contributed by atoms with Crippen molar-refractivity contribution >= 4 is 5.52 Å². The van der Waals surface area contributed by atoms with Crippen molar-refractivity contribution in [3.8, 4) is 0 Å². The van der Waals surface area contributed by atoms with Crippen molar-refractivity contribution in [1.82, 2.24) is 9.61 Å². The van der Waals surface area contributed by atoms with Crippen molar-refractivity contribution in [2.45, 2.75) is 51.6 Å². The molecular weight excluding hydrogens is 277 g/mol. The summed E-state index contributed by atoms with van der Waals surface area (Å²) in [5.74, 6) is 0.527. The van der Waals surface area contributed by atoms with Gasteiger partial charge in [-0.25, -0.2) is 4.52 Å². The van der Waals surface area contributed by atoms with Crippen LogP contribution in [0.2, 0.25) is 0 Å². The molecule has 0 aliphatic heterocycles. The third kappa shape index (κ3) is 2.23. The molecule has 21 heavy (non-hydrogen) atoms. The lowest BCUT2D eigenvalue weighted by atomic mass is 9.64. The number of fused-ring (bicyclic) bond motifs is 1. The molecule has 0 unspecified atom stereocenters. The number of nitrogens with zero attached hydrogens (tertiary/aromatic N) is 2. The predicted molar refractivity (Wildman–Crippen MR) is 75.3 cm³/mol. The van der Waals surface area contributed by atoms with Crippen molar-refractivity contribution in [2.75, 3.05) is 0 Å². The second-order valence-corrected chi connectivity index (χ2v) is 6.55. The van der Waals surface area contributed by atoms with Crippen molar-refractivity contribution in [1.29, 1.82) is 0 Å². The number of hydrogen-bond donors (Lipinski definition) is 0. The summed E-state index contributed by atoms with van der Waals surface area (Å²) in [4.78, 5) is 0. The van der Waals surface area contributed by atoms with E-state index in [0.717, 1.165) is 30.2 Å². The minimum absolute atomic E-state index is 0.145.